The van der Waals surface area contributed by atoms with Crippen LogP contribution in [-0.2, 0) is 22.9 Å². The van der Waals surface area contributed by atoms with Crippen LogP contribution in [0.1, 0.15) is 41.5 Å². The molecule has 0 bridgehead atoms. The third-order valence-corrected chi connectivity index (χ3v) is 9.55. The smallest absolute Gasteiger partial charge is 0.147 e. The predicted molar refractivity (Wildman–Crippen MR) is 69.8 cm³/mol. The molecule has 0 spiro atoms. The molecule has 88 valence electrons. The van der Waals surface area contributed by atoms with Crippen molar-refractivity contribution in [2.24, 2.45) is 5.41 Å². The first kappa shape index (κ1) is 18.3. The van der Waals surface area contributed by atoms with Gasteiger partial charge in [0.2, 0.25) is 0 Å². The van der Waals surface area contributed by atoms with Crippen molar-refractivity contribution in [3.05, 3.63) is 20.0 Å². The molecular formula is C12H22Cl2Hf. The normalized spacial score (nSPS) is 18.5. The van der Waals surface area contributed by atoms with Gasteiger partial charge in [0.15, 0.2) is 0 Å². The summed E-state index contributed by atoms with van der Waals surface area (Å²) in [4.78, 5) is 0. The predicted octanol–water partition coefficient (Wildman–Crippen LogP) is 5.00. The molecule has 0 unspecified atom stereocenters. The average Bonchev–Trinajstić information content (AvgIpc) is 2.20. The van der Waals surface area contributed by atoms with Gasteiger partial charge in [0.25, 0.3) is 0 Å². The molecule has 1 aliphatic rings. The van der Waals surface area contributed by atoms with Crippen LogP contribution in [0.5, 0.6) is 0 Å². The molecule has 0 aliphatic heterocycles. The van der Waals surface area contributed by atoms with Crippen molar-refractivity contribution in [3.63, 3.8) is 0 Å². The molecule has 0 aromatic heterocycles. The zero-order chi connectivity index (χ0) is 10.2. The summed E-state index contributed by atoms with van der Waals surface area (Å²) in [6, 6.07) is 0. The number of halogens is 2. The fourth-order valence-electron chi connectivity index (χ4n) is 2.12. The number of allylic oxidation sites excluding steroid dienone is 4. The van der Waals surface area contributed by atoms with Crippen molar-refractivity contribution < 1.29 is 22.9 Å². The second kappa shape index (κ2) is 6.61. The minimum absolute atomic E-state index is 0. The molecule has 0 nitrogen and oxygen atoms in total. The summed E-state index contributed by atoms with van der Waals surface area (Å²) >= 11 is -0.474. The van der Waals surface area contributed by atoms with Gasteiger partial charge in [0.05, 0.1) is 0 Å². The molecule has 0 heterocycles. The van der Waals surface area contributed by atoms with E-state index in [1.807, 2.05) is 3.33 Å². The van der Waals surface area contributed by atoms with Gasteiger partial charge in [-0.3, -0.25) is 0 Å². The standard InChI is InChI=1S/C10H15.C2H5.2ClH.Hf/c1-7-6-10(4,5)9(3)8(7)2;1-2;;;/h1-5H3;1H2,2H3;2*1H;. The molecule has 0 fully saturated rings. The van der Waals surface area contributed by atoms with E-state index in [2.05, 4.69) is 41.5 Å². The Labute approximate surface area is 118 Å². The van der Waals surface area contributed by atoms with Gasteiger partial charge in [-0.2, -0.15) is 0 Å². The van der Waals surface area contributed by atoms with Gasteiger partial charge in [0, 0.05) is 0 Å². The Balaban J connectivity index is 0. The zero-order valence-corrected chi connectivity index (χ0v) is 15.7. The maximum Gasteiger partial charge on any atom is -0.147 e. The number of hydrogen-bond acceptors (Lipinski definition) is 0. The first-order valence-corrected chi connectivity index (χ1v) is 9.40. The SMILES string of the molecule is C[CH2][Hf][C]1=C(C)C(C)=C(C)C1(C)C.Cl.Cl. The topological polar surface area (TPSA) is 0 Å². The summed E-state index contributed by atoms with van der Waals surface area (Å²) in [5, 5.41) is 0. The zero-order valence-electron chi connectivity index (χ0n) is 10.5. The van der Waals surface area contributed by atoms with E-state index >= 15 is 0 Å². The molecule has 1 rings (SSSR count). The van der Waals surface area contributed by atoms with Gasteiger partial charge in [-0.05, 0) is 0 Å². The molecule has 0 aromatic carbocycles. The average molecular weight is 416 g/mol. The molecule has 3 heteroatoms. The third kappa shape index (κ3) is 3.20. The Hall–Kier alpha value is 0.930. The van der Waals surface area contributed by atoms with Crippen molar-refractivity contribution in [3.8, 4) is 0 Å². The largest absolute Gasteiger partial charge is 0.147 e. The van der Waals surface area contributed by atoms with Crippen molar-refractivity contribution in [2.45, 2.75) is 45.7 Å². The van der Waals surface area contributed by atoms with E-state index in [0.717, 1.165) is 0 Å². The fraction of sp³-hybridized carbons (Fsp3) is 0.667. The Morgan fingerprint density at radius 3 is 1.73 bits per heavy atom. The molecule has 0 saturated heterocycles. The van der Waals surface area contributed by atoms with Gasteiger partial charge >= 0.3 is 94.1 Å². The van der Waals surface area contributed by atoms with Crippen molar-refractivity contribution in [2.75, 3.05) is 0 Å². The van der Waals surface area contributed by atoms with E-state index in [4.69, 9.17) is 0 Å². The molecule has 0 atom stereocenters. The van der Waals surface area contributed by atoms with E-state index < -0.39 is 22.9 Å². The molecular weight excluding hydrogens is 394 g/mol. The van der Waals surface area contributed by atoms with Gasteiger partial charge in [-0.25, -0.2) is 0 Å². The van der Waals surface area contributed by atoms with E-state index in [-0.39, 0.29) is 24.8 Å². The minimum atomic E-state index is -0.474. The van der Waals surface area contributed by atoms with Crippen LogP contribution in [0.3, 0.4) is 0 Å². The van der Waals surface area contributed by atoms with Crippen LogP contribution in [0, 0.1) is 5.41 Å². The first-order chi connectivity index (χ1) is 5.92. The third-order valence-electron chi connectivity index (χ3n) is 3.42. The van der Waals surface area contributed by atoms with Crippen LogP contribution >= 0.6 is 24.8 Å². The summed E-state index contributed by atoms with van der Waals surface area (Å²) in [5.74, 6) is 0. The monoisotopic (exact) mass is 416 g/mol. The maximum absolute atomic E-state index is 2.40. The maximum atomic E-state index is 2.40. The van der Waals surface area contributed by atoms with Crippen molar-refractivity contribution in [1.82, 2.24) is 0 Å². The van der Waals surface area contributed by atoms with Crippen LogP contribution in [0.15, 0.2) is 20.0 Å². The molecule has 0 aromatic rings. The summed E-state index contributed by atoms with van der Waals surface area (Å²) in [6.07, 6.45) is 0. The van der Waals surface area contributed by atoms with Crippen LogP contribution < -0.4 is 0 Å². The van der Waals surface area contributed by atoms with Crippen molar-refractivity contribution >= 4 is 24.8 Å². The Morgan fingerprint density at radius 1 is 1.00 bits per heavy atom. The molecule has 0 radical (unpaired) electrons. The van der Waals surface area contributed by atoms with Gasteiger partial charge in [0.1, 0.15) is 0 Å². The van der Waals surface area contributed by atoms with E-state index in [0.29, 0.717) is 5.41 Å². The first-order valence-electron chi connectivity index (χ1n) is 5.06. The quantitative estimate of drug-likeness (QED) is 0.557. The van der Waals surface area contributed by atoms with E-state index in [9.17, 15) is 0 Å². The Kier molecular flexibility index (Phi) is 8.07. The van der Waals surface area contributed by atoms with Crippen LogP contribution in [-0.4, -0.2) is 0 Å². The van der Waals surface area contributed by atoms with Gasteiger partial charge in [-0.15, -0.1) is 24.8 Å². The van der Waals surface area contributed by atoms with E-state index in [1.54, 1.807) is 16.7 Å². The molecule has 0 saturated carbocycles. The summed E-state index contributed by atoms with van der Waals surface area (Å²) in [6.45, 7) is 14.1. The molecule has 1 aliphatic carbocycles. The molecule has 15 heavy (non-hydrogen) atoms. The summed E-state index contributed by atoms with van der Waals surface area (Å²) in [5.41, 5.74) is 5.22. The van der Waals surface area contributed by atoms with Crippen LogP contribution in [0.2, 0.25) is 4.18 Å². The second-order valence-electron chi connectivity index (χ2n) is 4.41. The molecule has 0 N–H and O–H groups in total. The Bertz CT molecular complexity index is 288. The minimum Gasteiger partial charge on any atom is -0.147 e. The Morgan fingerprint density at radius 2 is 1.47 bits per heavy atom. The number of hydrogen-bond donors (Lipinski definition) is 0. The van der Waals surface area contributed by atoms with Crippen molar-refractivity contribution in [1.29, 1.82) is 0 Å². The van der Waals surface area contributed by atoms with Gasteiger partial charge in [-0.1, -0.05) is 0 Å². The summed E-state index contributed by atoms with van der Waals surface area (Å²) < 4.78 is 3.31. The van der Waals surface area contributed by atoms with Crippen LogP contribution in [0.25, 0.3) is 0 Å². The molecule has 0 amide bonds. The van der Waals surface area contributed by atoms with E-state index in [1.165, 1.54) is 4.18 Å². The van der Waals surface area contributed by atoms with Crippen LogP contribution in [0.4, 0.5) is 0 Å². The fourth-order valence-corrected chi connectivity index (χ4v) is 7.28. The second-order valence-corrected chi connectivity index (χ2v) is 10.0. The van der Waals surface area contributed by atoms with Gasteiger partial charge < -0.3 is 0 Å². The number of rotatable bonds is 2. The summed E-state index contributed by atoms with van der Waals surface area (Å²) in [7, 11) is 0.